The lowest BCUT2D eigenvalue weighted by atomic mass is 10.1. The summed E-state index contributed by atoms with van der Waals surface area (Å²) in [6, 6.07) is 5.66. The maximum absolute atomic E-state index is 12.4. The van der Waals surface area contributed by atoms with Crippen LogP contribution < -0.4 is 10.1 Å². The zero-order valence-electron chi connectivity index (χ0n) is 11.9. The standard InChI is InChI=1S/C15H21N3O2/c1-17-5-7-18(8-6-17)11-14(19)12-2-3-15-13(10-12)16-4-9-20-15/h2-3,10,16H,4-9,11H2,1H3. The number of ether oxygens (including phenoxy) is 1. The number of hydrogen-bond acceptors (Lipinski definition) is 5. The molecule has 1 aromatic carbocycles. The van der Waals surface area contributed by atoms with Gasteiger partial charge >= 0.3 is 0 Å². The number of carbonyl (C=O) groups is 1. The molecule has 0 unspecified atom stereocenters. The molecule has 1 saturated heterocycles. The topological polar surface area (TPSA) is 44.8 Å². The minimum atomic E-state index is 0.185. The van der Waals surface area contributed by atoms with Crippen molar-refractivity contribution in [3.05, 3.63) is 23.8 Å². The lowest BCUT2D eigenvalue weighted by Gasteiger charge is -2.31. The van der Waals surface area contributed by atoms with Gasteiger partial charge in [0.05, 0.1) is 12.2 Å². The van der Waals surface area contributed by atoms with Crippen molar-refractivity contribution < 1.29 is 9.53 Å². The van der Waals surface area contributed by atoms with Crippen LogP contribution in [0.3, 0.4) is 0 Å². The molecule has 2 aliphatic rings. The van der Waals surface area contributed by atoms with E-state index in [1.165, 1.54) is 0 Å². The first kappa shape index (κ1) is 13.4. The summed E-state index contributed by atoms with van der Waals surface area (Å²) >= 11 is 0. The Labute approximate surface area is 119 Å². The highest BCUT2D eigenvalue weighted by Crippen LogP contribution is 2.28. The number of nitrogens with zero attached hydrogens (tertiary/aromatic N) is 2. The monoisotopic (exact) mass is 275 g/mol. The third kappa shape index (κ3) is 2.94. The molecule has 0 amide bonds. The predicted octanol–water partition coefficient (Wildman–Crippen LogP) is 0.921. The summed E-state index contributed by atoms with van der Waals surface area (Å²) in [5, 5.41) is 3.27. The molecule has 3 rings (SSSR count). The van der Waals surface area contributed by atoms with E-state index in [2.05, 4.69) is 22.2 Å². The van der Waals surface area contributed by atoms with E-state index >= 15 is 0 Å². The van der Waals surface area contributed by atoms with E-state index in [9.17, 15) is 4.79 Å². The van der Waals surface area contributed by atoms with Crippen LogP contribution in [-0.2, 0) is 0 Å². The lowest BCUT2D eigenvalue weighted by molar-refractivity contribution is 0.0876. The van der Waals surface area contributed by atoms with Crippen molar-refractivity contribution in [1.29, 1.82) is 0 Å². The second-order valence-electron chi connectivity index (χ2n) is 5.49. The zero-order valence-corrected chi connectivity index (χ0v) is 11.9. The molecule has 1 fully saturated rings. The smallest absolute Gasteiger partial charge is 0.176 e. The Morgan fingerprint density at radius 3 is 2.90 bits per heavy atom. The van der Waals surface area contributed by atoms with Crippen LogP contribution in [0.1, 0.15) is 10.4 Å². The number of rotatable bonds is 3. The van der Waals surface area contributed by atoms with E-state index in [1.807, 2.05) is 18.2 Å². The molecular formula is C15H21N3O2. The van der Waals surface area contributed by atoms with Gasteiger partial charge in [0.2, 0.25) is 0 Å². The molecule has 108 valence electrons. The Morgan fingerprint density at radius 2 is 2.10 bits per heavy atom. The van der Waals surface area contributed by atoms with Gasteiger partial charge in [0.1, 0.15) is 12.4 Å². The Kier molecular flexibility index (Phi) is 3.89. The molecule has 1 N–H and O–H groups in total. The maximum Gasteiger partial charge on any atom is 0.176 e. The molecule has 0 saturated carbocycles. The molecule has 20 heavy (non-hydrogen) atoms. The van der Waals surface area contributed by atoms with Gasteiger partial charge in [-0.25, -0.2) is 0 Å². The molecule has 0 atom stereocenters. The summed E-state index contributed by atoms with van der Waals surface area (Å²) in [5.41, 5.74) is 1.70. The van der Waals surface area contributed by atoms with Crippen LogP contribution in [0, 0.1) is 0 Å². The third-order valence-corrected chi connectivity index (χ3v) is 3.94. The first-order valence-electron chi connectivity index (χ1n) is 7.17. The summed E-state index contributed by atoms with van der Waals surface area (Å²) < 4.78 is 5.53. The predicted molar refractivity (Wildman–Crippen MR) is 78.7 cm³/mol. The van der Waals surface area contributed by atoms with Crippen molar-refractivity contribution >= 4 is 11.5 Å². The van der Waals surface area contributed by atoms with Crippen molar-refractivity contribution in [2.45, 2.75) is 0 Å². The SMILES string of the molecule is CN1CCN(CC(=O)c2ccc3c(c2)NCCO3)CC1. The number of Topliss-reactive ketones (excluding diaryl/α,β-unsaturated/α-hetero) is 1. The average molecular weight is 275 g/mol. The van der Waals surface area contributed by atoms with Crippen molar-refractivity contribution in [2.75, 3.05) is 58.2 Å². The quantitative estimate of drug-likeness (QED) is 0.831. The van der Waals surface area contributed by atoms with Crippen molar-refractivity contribution in [3.63, 3.8) is 0 Å². The molecule has 0 aliphatic carbocycles. The lowest BCUT2D eigenvalue weighted by Crippen LogP contribution is -2.46. The van der Waals surface area contributed by atoms with Crippen LogP contribution in [0.4, 0.5) is 5.69 Å². The zero-order chi connectivity index (χ0) is 13.9. The van der Waals surface area contributed by atoms with Gasteiger partial charge in [-0.05, 0) is 25.2 Å². The minimum absolute atomic E-state index is 0.185. The highest BCUT2D eigenvalue weighted by Gasteiger charge is 2.19. The summed E-state index contributed by atoms with van der Waals surface area (Å²) in [6.45, 7) is 5.99. The van der Waals surface area contributed by atoms with Crippen molar-refractivity contribution in [3.8, 4) is 5.75 Å². The highest BCUT2D eigenvalue weighted by atomic mass is 16.5. The molecule has 0 radical (unpaired) electrons. The Bertz CT molecular complexity index is 496. The van der Waals surface area contributed by atoms with Crippen LogP contribution >= 0.6 is 0 Å². The molecule has 2 aliphatic heterocycles. The first-order chi connectivity index (χ1) is 9.72. The summed E-state index contributed by atoms with van der Waals surface area (Å²) in [4.78, 5) is 16.9. The number of likely N-dealkylation sites (N-methyl/N-ethyl adjacent to an activating group) is 1. The van der Waals surface area contributed by atoms with Crippen LogP contribution in [0.25, 0.3) is 0 Å². The van der Waals surface area contributed by atoms with E-state index in [4.69, 9.17) is 4.74 Å². The number of fused-ring (bicyclic) bond motifs is 1. The fraction of sp³-hybridized carbons (Fsp3) is 0.533. The molecule has 0 aromatic heterocycles. The van der Waals surface area contributed by atoms with Crippen molar-refractivity contribution in [1.82, 2.24) is 9.80 Å². The molecule has 0 spiro atoms. The maximum atomic E-state index is 12.4. The number of hydrogen-bond donors (Lipinski definition) is 1. The summed E-state index contributed by atoms with van der Waals surface area (Å²) in [6.07, 6.45) is 0. The van der Waals surface area contributed by atoms with E-state index in [-0.39, 0.29) is 5.78 Å². The van der Waals surface area contributed by atoms with Crippen LogP contribution in [0.2, 0.25) is 0 Å². The summed E-state index contributed by atoms with van der Waals surface area (Å²) in [7, 11) is 2.12. The molecule has 2 heterocycles. The second-order valence-corrected chi connectivity index (χ2v) is 5.49. The Balaban J connectivity index is 1.65. The third-order valence-electron chi connectivity index (χ3n) is 3.94. The number of anilines is 1. The minimum Gasteiger partial charge on any atom is -0.490 e. The fourth-order valence-corrected chi connectivity index (χ4v) is 2.61. The van der Waals surface area contributed by atoms with Gasteiger partial charge in [-0.1, -0.05) is 0 Å². The van der Waals surface area contributed by atoms with Crippen molar-refractivity contribution in [2.24, 2.45) is 0 Å². The number of nitrogens with one attached hydrogen (secondary N) is 1. The fourth-order valence-electron chi connectivity index (χ4n) is 2.61. The number of carbonyl (C=O) groups excluding carboxylic acids is 1. The van der Waals surface area contributed by atoms with E-state index in [0.717, 1.165) is 49.7 Å². The second kappa shape index (κ2) is 5.81. The Hall–Kier alpha value is -1.59. The average Bonchev–Trinajstić information content (AvgIpc) is 2.49. The van der Waals surface area contributed by atoms with Gasteiger partial charge in [-0.15, -0.1) is 0 Å². The van der Waals surface area contributed by atoms with Gasteiger partial charge in [-0.3, -0.25) is 9.69 Å². The van der Waals surface area contributed by atoms with Crippen LogP contribution in [-0.4, -0.2) is 68.5 Å². The summed E-state index contributed by atoms with van der Waals surface area (Å²) in [5.74, 6) is 1.03. The van der Waals surface area contributed by atoms with Gasteiger partial charge in [0.25, 0.3) is 0 Å². The van der Waals surface area contributed by atoms with E-state index in [0.29, 0.717) is 13.2 Å². The molecule has 1 aromatic rings. The molecule has 5 nitrogen and oxygen atoms in total. The molecule has 5 heteroatoms. The van der Waals surface area contributed by atoms with Crippen LogP contribution in [0.5, 0.6) is 5.75 Å². The normalized spacial score (nSPS) is 19.9. The molecular weight excluding hydrogens is 254 g/mol. The Morgan fingerprint density at radius 1 is 1.30 bits per heavy atom. The number of piperazine rings is 1. The first-order valence-corrected chi connectivity index (χ1v) is 7.17. The highest BCUT2D eigenvalue weighted by molar-refractivity contribution is 5.98. The van der Waals surface area contributed by atoms with Gasteiger partial charge in [-0.2, -0.15) is 0 Å². The van der Waals surface area contributed by atoms with Gasteiger partial charge < -0.3 is 15.0 Å². The van der Waals surface area contributed by atoms with E-state index in [1.54, 1.807) is 0 Å². The van der Waals surface area contributed by atoms with Gasteiger partial charge in [0, 0.05) is 38.3 Å². The van der Waals surface area contributed by atoms with E-state index < -0.39 is 0 Å². The number of benzene rings is 1. The van der Waals surface area contributed by atoms with Crippen LogP contribution in [0.15, 0.2) is 18.2 Å². The molecule has 0 bridgehead atoms. The number of ketones is 1. The largest absolute Gasteiger partial charge is 0.490 e. The van der Waals surface area contributed by atoms with Gasteiger partial charge in [0.15, 0.2) is 5.78 Å².